The molecule has 1 unspecified atom stereocenters. The molecule has 2 aromatic rings. The third-order valence-electron chi connectivity index (χ3n) is 7.08. The normalized spacial score (nSPS) is 25.1. The Morgan fingerprint density at radius 3 is 2.75 bits per heavy atom. The summed E-state index contributed by atoms with van der Waals surface area (Å²) in [6.45, 7) is 7.66. The van der Waals surface area contributed by atoms with Gasteiger partial charge < -0.3 is 14.4 Å². The standard InChI is InChI=1S/C26H31N3O3/c1-16-19-10-5-6-11-22(16)32-26(19,4)15-23(30)28-24-27-20-13-12-17(25(2,3)31)14-21(20)29(24)18-8-7-9-18/h5-6,10-14,16,18,31H,7-9,15H2,1-4H3,(H,27,28,30)/t16?,26-/m0/s1. The molecule has 3 aliphatic rings. The predicted octanol–water partition coefficient (Wildman–Crippen LogP) is 5.12. The van der Waals surface area contributed by atoms with Crippen molar-refractivity contribution < 1.29 is 14.6 Å². The first-order valence-electron chi connectivity index (χ1n) is 11.5. The van der Waals surface area contributed by atoms with Crippen LogP contribution < -0.4 is 5.32 Å². The highest BCUT2D eigenvalue weighted by molar-refractivity contribution is 5.92. The Hall–Kier alpha value is -2.86. The fourth-order valence-corrected chi connectivity index (χ4v) is 5.02. The summed E-state index contributed by atoms with van der Waals surface area (Å²) in [6.07, 6.45) is 11.5. The van der Waals surface area contributed by atoms with E-state index in [4.69, 9.17) is 9.72 Å². The minimum absolute atomic E-state index is 0.116. The number of amides is 1. The number of anilines is 1. The molecule has 2 atom stereocenters. The SMILES string of the molecule is CC1C2=CC=CC=C1[C@](C)(CC(=O)Nc1nc3ccc(C(C)(C)O)cc3n1C1CCC1)O2. The molecule has 168 valence electrons. The molecule has 1 aliphatic heterocycles. The van der Waals surface area contributed by atoms with Gasteiger partial charge in [0.2, 0.25) is 11.9 Å². The third-order valence-corrected chi connectivity index (χ3v) is 7.08. The zero-order valence-corrected chi connectivity index (χ0v) is 19.2. The fraction of sp³-hybridized carbons (Fsp3) is 0.462. The quantitative estimate of drug-likeness (QED) is 0.686. The summed E-state index contributed by atoms with van der Waals surface area (Å²) < 4.78 is 8.36. The van der Waals surface area contributed by atoms with Gasteiger partial charge in [0.15, 0.2) is 0 Å². The van der Waals surface area contributed by atoms with Crippen LogP contribution in [0.2, 0.25) is 0 Å². The van der Waals surface area contributed by atoms with Crippen molar-refractivity contribution in [3.63, 3.8) is 0 Å². The summed E-state index contributed by atoms with van der Waals surface area (Å²) in [6, 6.07) is 6.13. The Morgan fingerprint density at radius 2 is 2.06 bits per heavy atom. The first-order valence-corrected chi connectivity index (χ1v) is 11.5. The number of nitrogens with one attached hydrogen (secondary N) is 1. The van der Waals surface area contributed by atoms with E-state index in [1.54, 1.807) is 13.8 Å². The molecule has 1 aromatic carbocycles. The lowest BCUT2D eigenvalue weighted by Crippen LogP contribution is -2.33. The topological polar surface area (TPSA) is 76.4 Å². The largest absolute Gasteiger partial charge is 0.486 e. The van der Waals surface area contributed by atoms with Crippen LogP contribution in [-0.4, -0.2) is 26.2 Å². The summed E-state index contributed by atoms with van der Waals surface area (Å²) in [5, 5.41) is 13.6. The lowest BCUT2D eigenvalue weighted by atomic mass is 9.86. The highest BCUT2D eigenvalue weighted by atomic mass is 16.5. The molecule has 2 bridgehead atoms. The molecule has 2 N–H and O–H groups in total. The van der Waals surface area contributed by atoms with E-state index in [2.05, 4.69) is 22.9 Å². The first-order chi connectivity index (χ1) is 15.2. The number of carbonyl (C=O) groups is 1. The Balaban J connectivity index is 1.45. The number of aliphatic hydroxyl groups is 1. The molecular formula is C26H31N3O3. The summed E-state index contributed by atoms with van der Waals surface area (Å²) >= 11 is 0. The number of carbonyl (C=O) groups excluding carboxylic acids is 1. The number of nitrogens with zero attached hydrogens (tertiary/aromatic N) is 2. The maximum Gasteiger partial charge on any atom is 0.231 e. The minimum Gasteiger partial charge on any atom is -0.486 e. The van der Waals surface area contributed by atoms with Gasteiger partial charge in [-0.1, -0.05) is 31.2 Å². The maximum absolute atomic E-state index is 13.2. The Kier molecular flexibility index (Phi) is 4.82. The number of fused-ring (bicyclic) bond motifs is 3. The van der Waals surface area contributed by atoms with E-state index in [9.17, 15) is 9.90 Å². The van der Waals surface area contributed by atoms with Crippen molar-refractivity contribution in [1.82, 2.24) is 9.55 Å². The van der Waals surface area contributed by atoms with Crippen LogP contribution in [0, 0.1) is 5.92 Å². The molecule has 2 aliphatic carbocycles. The molecule has 6 heteroatoms. The van der Waals surface area contributed by atoms with Crippen LogP contribution in [0.15, 0.2) is 53.8 Å². The van der Waals surface area contributed by atoms with Crippen LogP contribution in [0.3, 0.4) is 0 Å². The average molecular weight is 434 g/mol. The molecule has 1 saturated carbocycles. The maximum atomic E-state index is 13.2. The van der Waals surface area contributed by atoms with Gasteiger partial charge in [0.25, 0.3) is 0 Å². The number of benzene rings is 1. The second-order valence-corrected chi connectivity index (χ2v) is 10.0. The molecular weight excluding hydrogens is 402 g/mol. The van der Waals surface area contributed by atoms with Crippen molar-refractivity contribution in [3.8, 4) is 0 Å². The van der Waals surface area contributed by atoms with Crippen LogP contribution in [0.1, 0.15) is 65.0 Å². The van der Waals surface area contributed by atoms with Gasteiger partial charge in [-0.3, -0.25) is 10.1 Å². The van der Waals surface area contributed by atoms with Gasteiger partial charge in [-0.2, -0.15) is 0 Å². The summed E-state index contributed by atoms with van der Waals surface area (Å²) in [5.74, 6) is 1.53. The Labute approximate surface area is 188 Å². The van der Waals surface area contributed by atoms with Crippen molar-refractivity contribution in [3.05, 3.63) is 59.4 Å². The molecule has 0 radical (unpaired) electrons. The second-order valence-electron chi connectivity index (χ2n) is 10.0. The monoisotopic (exact) mass is 433 g/mol. The van der Waals surface area contributed by atoms with Crippen molar-refractivity contribution in [2.24, 2.45) is 5.92 Å². The number of aromatic nitrogens is 2. The number of hydrogen-bond donors (Lipinski definition) is 2. The highest BCUT2D eigenvalue weighted by Gasteiger charge is 2.45. The smallest absolute Gasteiger partial charge is 0.231 e. The Morgan fingerprint density at radius 1 is 1.31 bits per heavy atom. The summed E-state index contributed by atoms with van der Waals surface area (Å²) in [4.78, 5) is 17.9. The fourth-order valence-electron chi connectivity index (χ4n) is 5.02. The van der Waals surface area contributed by atoms with Crippen molar-refractivity contribution >= 4 is 22.9 Å². The second kappa shape index (κ2) is 7.34. The van der Waals surface area contributed by atoms with E-state index >= 15 is 0 Å². The van der Waals surface area contributed by atoms with Gasteiger partial charge >= 0.3 is 0 Å². The van der Waals surface area contributed by atoms with Crippen LogP contribution in [0.5, 0.6) is 0 Å². The van der Waals surface area contributed by atoms with E-state index in [-0.39, 0.29) is 18.2 Å². The van der Waals surface area contributed by atoms with Gasteiger partial charge in [-0.15, -0.1) is 0 Å². The molecule has 2 heterocycles. The van der Waals surface area contributed by atoms with Crippen LogP contribution >= 0.6 is 0 Å². The molecule has 6 nitrogen and oxygen atoms in total. The summed E-state index contributed by atoms with van der Waals surface area (Å²) in [5.41, 5.74) is 2.12. The average Bonchev–Trinajstić information content (AvgIpc) is 3.02. The van der Waals surface area contributed by atoms with E-state index in [1.165, 1.54) is 6.42 Å². The van der Waals surface area contributed by atoms with E-state index in [1.807, 2.05) is 43.4 Å². The Bertz CT molecular complexity index is 1180. The van der Waals surface area contributed by atoms with Gasteiger partial charge in [0, 0.05) is 12.0 Å². The van der Waals surface area contributed by atoms with E-state index in [0.717, 1.165) is 40.8 Å². The van der Waals surface area contributed by atoms with E-state index in [0.29, 0.717) is 12.0 Å². The number of ether oxygens (including phenoxy) is 1. The van der Waals surface area contributed by atoms with Crippen LogP contribution in [-0.2, 0) is 15.1 Å². The number of rotatable bonds is 5. The molecule has 1 amide bonds. The van der Waals surface area contributed by atoms with E-state index < -0.39 is 11.2 Å². The number of allylic oxidation sites excluding steroid dienone is 5. The minimum atomic E-state index is -0.940. The van der Waals surface area contributed by atoms with Crippen molar-refractivity contribution in [2.45, 2.75) is 70.6 Å². The first kappa shape index (κ1) is 21.0. The molecule has 32 heavy (non-hydrogen) atoms. The summed E-state index contributed by atoms with van der Waals surface area (Å²) in [7, 11) is 0. The van der Waals surface area contributed by atoms with Crippen molar-refractivity contribution in [2.75, 3.05) is 5.32 Å². The number of hydrogen-bond acceptors (Lipinski definition) is 4. The van der Waals surface area contributed by atoms with Gasteiger partial charge in [-0.05, 0) is 69.4 Å². The molecule has 2 fully saturated rings. The lowest BCUT2D eigenvalue weighted by Gasteiger charge is -2.30. The molecule has 5 rings (SSSR count). The van der Waals surface area contributed by atoms with Gasteiger partial charge in [0.05, 0.1) is 23.1 Å². The molecule has 1 saturated heterocycles. The van der Waals surface area contributed by atoms with Crippen LogP contribution in [0.4, 0.5) is 5.95 Å². The van der Waals surface area contributed by atoms with Gasteiger partial charge in [-0.25, -0.2) is 4.98 Å². The predicted molar refractivity (Wildman–Crippen MR) is 125 cm³/mol. The highest BCUT2D eigenvalue weighted by Crippen LogP contribution is 2.45. The lowest BCUT2D eigenvalue weighted by molar-refractivity contribution is -0.119. The van der Waals surface area contributed by atoms with Crippen LogP contribution in [0.25, 0.3) is 11.0 Å². The molecule has 0 spiro atoms. The van der Waals surface area contributed by atoms with Crippen molar-refractivity contribution in [1.29, 1.82) is 0 Å². The number of imidazole rings is 1. The van der Waals surface area contributed by atoms with Gasteiger partial charge in [0.1, 0.15) is 11.4 Å². The molecule has 1 aromatic heterocycles. The third kappa shape index (κ3) is 3.47. The zero-order chi connectivity index (χ0) is 22.7. The zero-order valence-electron chi connectivity index (χ0n) is 19.2.